The molecule has 0 amide bonds. The maximum Gasteiger partial charge on any atom is 0.231 e. The molecule has 0 bridgehead atoms. The van der Waals surface area contributed by atoms with Gasteiger partial charge in [-0.25, -0.2) is 20.4 Å². The van der Waals surface area contributed by atoms with Crippen molar-refractivity contribution in [2.45, 2.75) is 26.7 Å². The third kappa shape index (κ3) is 42.8. The SMILES string of the molecule is CCCOCCOCCOCCOCCC.N=C=O.N=C=O. The molecular weight excluding hydrogens is 292 g/mol. The quantitative estimate of drug-likeness (QED) is 0.303. The second kappa shape index (κ2) is 31.8. The molecule has 0 aliphatic heterocycles. The molecule has 22 heavy (non-hydrogen) atoms. The first kappa shape index (κ1) is 25.5. The fraction of sp³-hybridized carbons (Fsp3) is 0.857. The Kier molecular flexibility index (Phi) is 36.9. The zero-order valence-electron chi connectivity index (χ0n) is 13.5. The highest BCUT2D eigenvalue weighted by Gasteiger charge is 1.91. The summed E-state index contributed by atoms with van der Waals surface area (Å²) >= 11 is 0. The summed E-state index contributed by atoms with van der Waals surface area (Å²) in [4.78, 5) is 16.7. The monoisotopic (exact) mass is 320 g/mol. The minimum Gasteiger partial charge on any atom is -0.379 e. The van der Waals surface area contributed by atoms with Crippen LogP contribution in [0.1, 0.15) is 26.7 Å². The van der Waals surface area contributed by atoms with Gasteiger partial charge in [-0.05, 0) is 12.8 Å². The maximum absolute atomic E-state index is 8.35. The lowest BCUT2D eigenvalue weighted by molar-refractivity contribution is -0.00163. The molecule has 0 rings (SSSR count). The van der Waals surface area contributed by atoms with Crippen LogP contribution >= 0.6 is 0 Å². The van der Waals surface area contributed by atoms with Crippen molar-refractivity contribution in [3.63, 3.8) is 0 Å². The van der Waals surface area contributed by atoms with Crippen LogP contribution in [0.4, 0.5) is 0 Å². The first-order valence-electron chi connectivity index (χ1n) is 7.13. The Hall–Kier alpha value is -1.40. The van der Waals surface area contributed by atoms with Crippen LogP contribution in [-0.2, 0) is 28.5 Å². The van der Waals surface area contributed by atoms with Gasteiger partial charge in [0.2, 0.25) is 12.2 Å². The molecule has 0 atom stereocenters. The minimum absolute atomic E-state index is 0.628. The van der Waals surface area contributed by atoms with Gasteiger partial charge in [-0.3, -0.25) is 0 Å². The van der Waals surface area contributed by atoms with Gasteiger partial charge in [-0.2, -0.15) is 0 Å². The lowest BCUT2D eigenvalue weighted by Crippen LogP contribution is -2.12. The van der Waals surface area contributed by atoms with Crippen molar-refractivity contribution >= 4 is 12.2 Å². The fourth-order valence-corrected chi connectivity index (χ4v) is 1.05. The molecule has 0 heterocycles. The molecule has 0 aromatic heterocycles. The van der Waals surface area contributed by atoms with E-state index >= 15 is 0 Å². The molecule has 0 aromatic carbocycles. The van der Waals surface area contributed by atoms with Crippen molar-refractivity contribution in [2.75, 3.05) is 52.9 Å². The van der Waals surface area contributed by atoms with Crippen molar-refractivity contribution in [1.29, 1.82) is 10.8 Å². The van der Waals surface area contributed by atoms with Crippen molar-refractivity contribution in [3.05, 3.63) is 0 Å². The Morgan fingerprint density at radius 2 is 0.773 bits per heavy atom. The number of hydrogen-bond acceptors (Lipinski definition) is 8. The predicted molar refractivity (Wildman–Crippen MR) is 80.7 cm³/mol. The van der Waals surface area contributed by atoms with Crippen molar-refractivity contribution in [1.82, 2.24) is 0 Å². The second-order valence-corrected chi connectivity index (χ2v) is 3.65. The molecular formula is C14H28N2O6. The van der Waals surface area contributed by atoms with Gasteiger partial charge in [0, 0.05) is 13.2 Å². The summed E-state index contributed by atoms with van der Waals surface area (Å²) < 4.78 is 21.2. The van der Waals surface area contributed by atoms with Crippen LogP contribution in [0.15, 0.2) is 0 Å². The second-order valence-electron chi connectivity index (χ2n) is 3.65. The van der Waals surface area contributed by atoms with E-state index < -0.39 is 0 Å². The van der Waals surface area contributed by atoms with E-state index in [0.717, 1.165) is 38.2 Å². The number of rotatable bonds is 13. The Morgan fingerprint density at radius 1 is 0.591 bits per heavy atom. The zero-order chi connectivity index (χ0) is 17.3. The lowest BCUT2D eigenvalue weighted by Gasteiger charge is -2.06. The van der Waals surface area contributed by atoms with E-state index in [1.807, 2.05) is 0 Å². The molecule has 8 heteroatoms. The van der Waals surface area contributed by atoms with E-state index in [1.165, 1.54) is 0 Å². The molecule has 8 nitrogen and oxygen atoms in total. The summed E-state index contributed by atoms with van der Waals surface area (Å²) in [7, 11) is 0. The van der Waals surface area contributed by atoms with Gasteiger partial charge in [-0.1, -0.05) is 13.8 Å². The van der Waals surface area contributed by atoms with Gasteiger partial charge in [0.25, 0.3) is 0 Å². The standard InChI is InChI=1S/C12H26O4.2CHNO/c1-3-5-13-7-9-15-11-12-16-10-8-14-6-4-2;2*2-1-3/h3-12H2,1-2H3;2*2H. The molecule has 0 spiro atoms. The van der Waals surface area contributed by atoms with Crippen LogP contribution in [-0.4, -0.2) is 65.0 Å². The number of nitrogens with one attached hydrogen (secondary N) is 2. The summed E-state index contributed by atoms with van der Waals surface area (Å²) in [6.45, 7) is 9.71. The number of ether oxygens (including phenoxy) is 4. The Balaban J connectivity index is -0.000000515. The largest absolute Gasteiger partial charge is 0.379 e. The maximum atomic E-state index is 8.35. The Morgan fingerprint density at radius 3 is 0.955 bits per heavy atom. The minimum atomic E-state index is 0.628. The first-order valence-corrected chi connectivity index (χ1v) is 7.13. The number of carbonyl (C=O) groups excluding carboxylic acids is 2. The molecule has 2 N–H and O–H groups in total. The Labute approximate surface area is 132 Å². The normalized spacial score (nSPS) is 8.64. The third-order valence-corrected chi connectivity index (χ3v) is 1.81. The van der Waals surface area contributed by atoms with Gasteiger partial charge >= 0.3 is 0 Å². The molecule has 0 saturated heterocycles. The Bertz CT molecular complexity index is 226. The molecule has 0 aliphatic rings. The van der Waals surface area contributed by atoms with Gasteiger partial charge < -0.3 is 18.9 Å². The molecule has 0 saturated carbocycles. The molecule has 130 valence electrons. The summed E-state index contributed by atoms with van der Waals surface area (Å²) in [5.74, 6) is 0. The molecule has 0 aliphatic carbocycles. The highest BCUT2D eigenvalue weighted by atomic mass is 16.6. The molecule has 0 fully saturated rings. The predicted octanol–water partition coefficient (Wildman–Crippen LogP) is 1.67. The van der Waals surface area contributed by atoms with Crippen LogP contribution in [0, 0.1) is 10.8 Å². The van der Waals surface area contributed by atoms with Crippen LogP contribution in [0.5, 0.6) is 0 Å². The van der Waals surface area contributed by atoms with Gasteiger partial charge in [0.05, 0.1) is 39.6 Å². The average molecular weight is 320 g/mol. The smallest absolute Gasteiger partial charge is 0.231 e. The van der Waals surface area contributed by atoms with Gasteiger partial charge in [0.15, 0.2) is 0 Å². The van der Waals surface area contributed by atoms with E-state index in [9.17, 15) is 0 Å². The fourth-order valence-electron chi connectivity index (χ4n) is 1.05. The third-order valence-electron chi connectivity index (χ3n) is 1.81. The average Bonchev–Trinajstić information content (AvgIpc) is 2.50. The van der Waals surface area contributed by atoms with Crippen LogP contribution < -0.4 is 0 Å². The van der Waals surface area contributed by atoms with Crippen LogP contribution in [0.3, 0.4) is 0 Å². The molecule has 0 unspecified atom stereocenters. The van der Waals surface area contributed by atoms with E-state index in [-0.39, 0.29) is 0 Å². The van der Waals surface area contributed by atoms with Crippen molar-refractivity contribution in [2.24, 2.45) is 0 Å². The van der Waals surface area contributed by atoms with Crippen LogP contribution in [0.2, 0.25) is 0 Å². The zero-order valence-corrected chi connectivity index (χ0v) is 13.5. The first-order chi connectivity index (χ1) is 10.7. The summed E-state index contributed by atoms with van der Waals surface area (Å²) in [6.07, 6.45) is 3.61. The molecule has 0 aromatic rings. The van der Waals surface area contributed by atoms with Crippen molar-refractivity contribution in [3.8, 4) is 0 Å². The highest BCUT2D eigenvalue weighted by molar-refractivity contribution is 5.26. The van der Waals surface area contributed by atoms with E-state index in [2.05, 4.69) is 13.8 Å². The highest BCUT2D eigenvalue weighted by Crippen LogP contribution is 1.84. The van der Waals surface area contributed by atoms with E-state index in [4.69, 9.17) is 39.4 Å². The van der Waals surface area contributed by atoms with Crippen LogP contribution in [0.25, 0.3) is 0 Å². The number of hydrogen-bond donors (Lipinski definition) is 2. The summed E-state index contributed by atoms with van der Waals surface area (Å²) in [6, 6.07) is 0. The summed E-state index contributed by atoms with van der Waals surface area (Å²) in [5, 5.41) is 10.8. The van der Waals surface area contributed by atoms with Gasteiger partial charge in [-0.15, -0.1) is 0 Å². The van der Waals surface area contributed by atoms with E-state index in [1.54, 1.807) is 0 Å². The van der Waals surface area contributed by atoms with Gasteiger partial charge in [0.1, 0.15) is 0 Å². The summed E-state index contributed by atoms with van der Waals surface area (Å²) in [5.41, 5.74) is 0. The molecule has 0 radical (unpaired) electrons. The number of isocyanates is 2. The van der Waals surface area contributed by atoms with Crippen molar-refractivity contribution < 1.29 is 28.5 Å². The van der Waals surface area contributed by atoms with E-state index in [0.29, 0.717) is 39.6 Å². The topological polar surface area (TPSA) is 119 Å². The lowest BCUT2D eigenvalue weighted by atomic mass is 10.5.